The van der Waals surface area contributed by atoms with E-state index in [2.05, 4.69) is 13.8 Å². The Bertz CT molecular complexity index is 336. The van der Waals surface area contributed by atoms with Crippen LogP contribution in [0.4, 0.5) is 0 Å². The zero-order chi connectivity index (χ0) is 17.2. The number of carbonyl (C=O) groups excluding carboxylic acids is 1. The highest BCUT2D eigenvalue weighted by molar-refractivity contribution is 5.72. The molecule has 2 aliphatic rings. The number of ether oxygens (including phenoxy) is 1. The van der Waals surface area contributed by atoms with Crippen LogP contribution < -0.4 is 0 Å². The van der Waals surface area contributed by atoms with E-state index in [9.17, 15) is 4.79 Å². The Labute approximate surface area is 150 Å². The van der Waals surface area contributed by atoms with Crippen molar-refractivity contribution in [3.8, 4) is 0 Å². The van der Waals surface area contributed by atoms with Gasteiger partial charge in [-0.15, -0.1) is 0 Å². The van der Waals surface area contributed by atoms with Gasteiger partial charge in [0.15, 0.2) is 0 Å². The van der Waals surface area contributed by atoms with Crippen molar-refractivity contribution in [2.24, 2.45) is 23.7 Å². The molecule has 0 amide bonds. The predicted octanol–water partition coefficient (Wildman–Crippen LogP) is 6.52. The summed E-state index contributed by atoms with van der Waals surface area (Å²) >= 11 is 0. The summed E-state index contributed by atoms with van der Waals surface area (Å²) < 4.78 is 5.48. The maximum atomic E-state index is 12.2. The molecule has 2 saturated carbocycles. The third-order valence-electron chi connectivity index (χ3n) is 6.62. The molecule has 0 spiro atoms. The van der Waals surface area contributed by atoms with Crippen LogP contribution in [-0.4, -0.2) is 12.6 Å². The number of rotatable bonds is 9. The largest absolute Gasteiger partial charge is 0.465 e. The van der Waals surface area contributed by atoms with Crippen molar-refractivity contribution in [3.63, 3.8) is 0 Å². The van der Waals surface area contributed by atoms with Gasteiger partial charge in [-0.3, -0.25) is 4.79 Å². The topological polar surface area (TPSA) is 26.3 Å². The summed E-state index contributed by atoms with van der Waals surface area (Å²) in [5, 5.41) is 0. The molecule has 2 rings (SSSR count). The molecule has 24 heavy (non-hydrogen) atoms. The van der Waals surface area contributed by atoms with Gasteiger partial charge < -0.3 is 4.74 Å². The Hall–Kier alpha value is -0.530. The number of hydrogen-bond donors (Lipinski definition) is 0. The zero-order valence-corrected chi connectivity index (χ0v) is 16.2. The molecule has 0 aromatic carbocycles. The predicted molar refractivity (Wildman–Crippen MR) is 101 cm³/mol. The average molecular weight is 337 g/mol. The van der Waals surface area contributed by atoms with Crippen LogP contribution in [0.1, 0.15) is 104 Å². The normalized spacial score (nSPS) is 30.9. The molecule has 0 bridgehead atoms. The Balaban J connectivity index is 1.61. The molecule has 0 heterocycles. The number of esters is 1. The fraction of sp³-hybridized carbons (Fsp3) is 0.955. The lowest BCUT2D eigenvalue weighted by Crippen LogP contribution is -2.29. The Morgan fingerprint density at radius 2 is 1.38 bits per heavy atom. The fourth-order valence-electron chi connectivity index (χ4n) is 4.91. The molecule has 0 saturated heterocycles. The molecular formula is C22H40O2. The molecule has 0 radical (unpaired) electrons. The van der Waals surface area contributed by atoms with E-state index in [1.54, 1.807) is 0 Å². The minimum absolute atomic E-state index is 0.0906. The molecule has 2 nitrogen and oxygen atoms in total. The van der Waals surface area contributed by atoms with Gasteiger partial charge in [0, 0.05) is 0 Å². The van der Waals surface area contributed by atoms with E-state index in [0.717, 1.165) is 37.0 Å². The smallest absolute Gasteiger partial charge is 0.308 e. The Morgan fingerprint density at radius 3 is 1.96 bits per heavy atom. The van der Waals surface area contributed by atoms with Crippen LogP contribution in [0.15, 0.2) is 0 Å². The van der Waals surface area contributed by atoms with Crippen LogP contribution in [0.5, 0.6) is 0 Å². The van der Waals surface area contributed by atoms with Crippen molar-refractivity contribution in [3.05, 3.63) is 0 Å². The number of carbonyl (C=O) groups is 1. The van der Waals surface area contributed by atoms with Crippen molar-refractivity contribution in [2.75, 3.05) is 6.61 Å². The molecule has 0 atom stereocenters. The summed E-state index contributed by atoms with van der Waals surface area (Å²) in [6.45, 7) is 5.12. The van der Waals surface area contributed by atoms with E-state index in [4.69, 9.17) is 4.74 Å². The molecule has 2 heteroatoms. The molecule has 140 valence electrons. The fourth-order valence-corrected chi connectivity index (χ4v) is 4.91. The first-order chi connectivity index (χ1) is 11.7. The highest BCUT2D eigenvalue weighted by atomic mass is 16.5. The summed E-state index contributed by atoms with van der Waals surface area (Å²) in [6, 6.07) is 0. The molecule has 0 unspecified atom stereocenters. The van der Waals surface area contributed by atoms with Crippen LogP contribution >= 0.6 is 0 Å². The van der Waals surface area contributed by atoms with Crippen molar-refractivity contribution < 1.29 is 9.53 Å². The second-order valence-corrected chi connectivity index (χ2v) is 8.41. The molecular weight excluding hydrogens is 296 g/mol. The minimum Gasteiger partial charge on any atom is -0.465 e. The second kappa shape index (κ2) is 11.2. The zero-order valence-electron chi connectivity index (χ0n) is 16.2. The first kappa shape index (κ1) is 19.8. The van der Waals surface area contributed by atoms with E-state index in [-0.39, 0.29) is 11.9 Å². The van der Waals surface area contributed by atoms with Crippen molar-refractivity contribution in [1.29, 1.82) is 0 Å². The van der Waals surface area contributed by atoms with Gasteiger partial charge in [-0.25, -0.2) is 0 Å². The molecule has 2 aliphatic carbocycles. The third kappa shape index (κ3) is 6.41. The summed E-state index contributed by atoms with van der Waals surface area (Å²) in [5.41, 5.74) is 0. The summed E-state index contributed by atoms with van der Waals surface area (Å²) in [7, 11) is 0. The minimum atomic E-state index is 0.0906. The first-order valence-corrected chi connectivity index (χ1v) is 10.9. The molecule has 0 aromatic heterocycles. The van der Waals surface area contributed by atoms with Gasteiger partial charge in [0.25, 0.3) is 0 Å². The second-order valence-electron chi connectivity index (χ2n) is 8.41. The number of hydrogen-bond acceptors (Lipinski definition) is 2. The lowest BCUT2D eigenvalue weighted by molar-refractivity contribution is -0.150. The summed E-state index contributed by atoms with van der Waals surface area (Å²) in [4.78, 5) is 12.2. The van der Waals surface area contributed by atoms with Crippen LogP contribution in [0.2, 0.25) is 0 Å². The van der Waals surface area contributed by atoms with Gasteiger partial charge in [0.2, 0.25) is 0 Å². The Kier molecular flexibility index (Phi) is 9.20. The number of unbranched alkanes of at least 4 members (excludes halogenated alkanes) is 3. The van der Waals surface area contributed by atoms with Crippen LogP contribution in [0.3, 0.4) is 0 Å². The van der Waals surface area contributed by atoms with Crippen molar-refractivity contribution in [1.82, 2.24) is 0 Å². The van der Waals surface area contributed by atoms with Gasteiger partial charge in [-0.05, 0) is 62.7 Å². The van der Waals surface area contributed by atoms with E-state index < -0.39 is 0 Å². The summed E-state index contributed by atoms with van der Waals surface area (Å²) in [5.74, 6) is 3.14. The SMILES string of the molecule is CCCCCOC(=O)[C@H]1CC[C@H]([C@H]2CC[C@H](CCCC)CC2)CC1. The lowest BCUT2D eigenvalue weighted by atomic mass is 9.68. The quantitative estimate of drug-likeness (QED) is 0.354. The maximum absolute atomic E-state index is 12.2. The van der Waals surface area contributed by atoms with Gasteiger partial charge >= 0.3 is 5.97 Å². The highest BCUT2D eigenvalue weighted by Gasteiger charge is 2.33. The van der Waals surface area contributed by atoms with E-state index in [1.165, 1.54) is 70.6 Å². The van der Waals surface area contributed by atoms with Gasteiger partial charge in [-0.1, -0.05) is 58.8 Å². The maximum Gasteiger partial charge on any atom is 0.308 e. The van der Waals surface area contributed by atoms with Gasteiger partial charge in [0.1, 0.15) is 0 Å². The third-order valence-corrected chi connectivity index (χ3v) is 6.62. The monoisotopic (exact) mass is 336 g/mol. The first-order valence-electron chi connectivity index (χ1n) is 10.9. The van der Waals surface area contributed by atoms with Gasteiger partial charge in [0.05, 0.1) is 12.5 Å². The molecule has 0 aromatic rings. The van der Waals surface area contributed by atoms with Crippen LogP contribution in [0.25, 0.3) is 0 Å². The Morgan fingerprint density at radius 1 is 0.792 bits per heavy atom. The van der Waals surface area contributed by atoms with Crippen LogP contribution in [0, 0.1) is 23.7 Å². The van der Waals surface area contributed by atoms with E-state index in [1.807, 2.05) is 0 Å². The van der Waals surface area contributed by atoms with Crippen molar-refractivity contribution >= 4 is 5.97 Å². The average Bonchev–Trinajstić information content (AvgIpc) is 2.64. The lowest BCUT2D eigenvalue weighted by Gasteiger charge is -2.37. The molecule has 0 N–H and O–H groups in total. The van der Waals surface area contributed by atoms with E-state index >= 15 is 0 Å². The molecule has 2 fully saturated rings. The van der Waals surface area contributed by atoms with Gasteiger partial charge in [-0.2, -0.15) is 0 Å². The van der Waals surface area contributed by atoms with E-state index in [0.29, 0.717) is 6.61 Å². The molecule has 0 aliphatic heterocycles. The highest BCUT2D eigenvalue weighted by Crippen LogP contribution is 2.42. The summed E-state index contributed by atoms with van der Waals surface area (Å²) in [6.07, 6.45) is 18.1. The van der Waals surface area contributed by atoms with Crippen LogP contribution in [-0.2, 0) is 9.53 Å². The standard InChI is InChI=1S/C22H40O2/c1-3-5-7-17-24-22(23)21-15-13-20(14-16-21)19-11-9-18(10-12-19)8-6-4-2/h18-21H,3-17H2,1-2H3/t18-,19-,20-,21-. The van der Waals surface area contributed by atoms with Crippen molar-refractivity contribution in [2.45, 2.75) is 104 Å².